The largest absolute Gasteiger partial charge is 0.153 e. The van der Waals surface area contributed by atoms with Crippen LogP contribution < -0.4 is 0 Å². The molecule has 1 aliphatic carbocycles. The highest BCUT2D eigenvalue weighted by Gasteiger charge is 2.16. The Labute approximate surface area is 42.6 Å². The Bertz CT molecular complexity index is 83.9. The highest BCUT2D eigenvalue weighted by atomic mass is 32.2. The third-order valence-corrected chi connectivity index (χ3v) is 2.02. The zero-order chi connectivity index (χ0) is 4.57. The van der Waals surface area contributed by atoms with Crippen LogP contribution in [0.2, 0.25) is 0 Å². The molecule has 0 aromatic rings. The maximum absolute atomic E-state index is 2.27. The summed E-state index contributed by atoms with van der Waals surface area (Å²) in [4.78, 5) is 0. The lowest BCUT2D eigenvalue weighted by Gasteiger charge is -1.82. The maximum atomic E-state index is 2.27. The fraction of sp³-hybridized carbons (Fsp3) is 0.600. The predicted octanol–water partition coefficient (Wildman–Crippen LogP) is 1.68. The second kappa shape index (κ2) is 1.30. The lowest BCUT2D eigenvalue weighted by atomic mass is 10.6. The van der Waals surface area contributed by atoms with Gasteiger partial charge in [0.1, 0.15) is 0 Å². The minimum absolute atomic E-state index is 0.810. The van der Waals surface area contributed by atoms with Crippen molar-refractivity contribution in [1.29, 1.82) is 0 Å². The molecule has 0 bridgehead atoms. The Morgan fingerprint density at radius 3 is 2.33 bits per heavy atom. The molecule has 0 saturated heterocycles. The van der Waals surface area contributed by atoms with Crippen LogP contribution in [0.1, 0.15) is 6.92 Å². The van der Waals surface area contributed by atoms with Crippen molar-refractivity contribution < 1.29 is 0 Å². The molecule has 0 radical (unpaired) electrons. The van der Waals surface area contributed by atoms with Gasteiger partial charge < -0.3 is 0 Å². The first kappa shape index (κ1) is 4.25. The monoisotopic (exact) mass is 100 g/mol. The Hall–Kier alpha value is 0.0900. The van der Waals surface area contributed by atoms with Crippen LogP contribution in [0.25, 0.3) is 0 Å². The first-order valence-electron chi connectivity index (χ1n) is 2.05. The number of hydrogen-bond donors (Lipinski definition) is 0. The van der Waals surface area contributed by atoms with E-state index in [1.165, 1.54) is 0 Å². The van der Waals surface area contributed by atoms with Crippen molar-refractivity contribution in [3.63, 3.8) is 0 Å². The Kier molecular flexibility index (Phi) is 0.922. The van der Waals surface area contributed by atoms with Crippen molar-refractivity contribution in [2.45, 2.75) is 12.2 Å². The minimum atomic E-state index is 0.810. The Balaban J connectivity index is 2.18. The molecule has 1 rings (SSSR count). The van der Waals surface area contributed by atoms with Crippen molar-refractivity contribution in [2.24, 2.45) is 0 Å². The average Bonchev–Trinajstić information content (AvgIpc) is 2.19. The van der Waals surface area contributed by atoms with E-state index in [1.54, 1.807) is 5.57 Å². The van der Waals surface area contributed by atoms with Gasteiger partial charge in [0, 0.05) is 5.25 Å². The highest BCUT2D eigenvalue weighted by Crippen LogP contribution is 2.30. The van der Waals surface area contributed by atoms with E-state index in [4.69, 9.17) is 0 Å². The lowest BCUT2D eigenvalue weighted by molar-refractivity contribution is 1.50. The molecule has 0 aromatic carbocycles. The van der Waals surface area contributed by atoms with E-state index >= 15 is 0 Å². The summed E-state index contributed by atoms with van der Waals surface area (Å²) < 4.78 is 0. The zero-order valence-corrected chi connectivity index (χ0v) is 4.88. The molecular weight excluding hydrogens is 92.1 g/mol. The molecule has 0 N–H and O–H groups in total. The molecule has 0 amide bonds. The molecule has 1 atom stereocenters. The molecule has 1 unspecified atom stereocenters. The number of hydrogen-bond acceptors (Lipinski definition) is 1. The molecular formula is C5H8S. The summed E-state index contributed by atoms with van der Waals surface area (Å²) in [6.45, 7) is 2.17. The summed E-state index contributed by atoms with van der Waals surface area (Å²) in [5.41, 5.74) is 1.54. The molecule has 1 aliphatic rings. The summed E-state index contributed by atoms with van der Waals surface area (Å²) in [6, 6.07) is 0. The molecule has 1 heteroatoms. The van der Waals surface area contributed by atoms with Gasteiger partial charge in [-0.3, -0.25) is 0 Å². The van der Waals surface area contributed by atoms with Crippen LogP contribution in [0.3, 0.4) is 0 Å². The van der Waals surface area contributed by atoms with Crippen molar-refractivity contribution in [2.75, 3.05) is 6.26 Å². The summed E-state index contributed by atoms with van der Waals surface area (Å²) in [6.07, 6.45) is 4.41. The van der Waals surface area contributed by atoms with Crippen molar-refractivity contribution in [3.05, 3.63) is 11.6 Å². The number of thioether (sulfide) groups is 1. The van der Waals surface area contributed by atoms with Gasteiger partial charge in [0.2, 0.25) is 0 Å². The molecule has 6 heavy (non-hydrogen) atoms. The van der Waals surface area contributed by atoms with Gasteiger partial charge in [0.25, 0.3) is 0 Å². The van der Waals surface area contributed by atoms with Crippen molar-refractivity contribution >= 4 is 11.8 Å². The third kappa shape index (κ3) is 0.597. The summed E-state index contributed by atoms with van der Waals surface area (Å²) in [7, 11) is 0. The van der Waals surface area contributed by atoms with E-state index in [1.807, 2.05) is 11.8 Å². The summed E-state index contributed by atoms with van der Waals surface area (Å²) in [5, 5.41) is 0.810. The van der Waals surface area contributed by atoms with Crippen LogP contribution >= 0.6 is 11.8 Å². The topological polar surface area (TPSA) is 0 Å². The van der Waals surface area contributed by atoms with Gasteiger partial charge in [-0.1, -0.05) is 11.6 Å². The molecule has 34 valence electrons. The first-order valence-corrected chi connectivity index (χ1v) is 3.34. The molecule has 0 spiro atoms. The SMILES string of the molecule is CSC1C=C1C. The van der Waals surface area contributed by atoms with E-state index < -0.39 is 0 Å². The van der Waals surface area contributed by atoms with Crippen LogP contribution in [0.5, 0.6) is 0 Å². The summed E-state index contributed by atoms with van der Waals surface area (Å²) >= 11 is 1.91. The zero-order valence-electron chi connectivity index (χ0n) is 4.06. The Morgan fingerprint density at radius 1 is 1.83 bits per heavy atom. The number of rotatable bonds is 1. The van der Waals surface area contributed by atoms with Gasteiger partial charge in [-0.05, 0) is 13.2 Å². The van der Waals surface area contributed by atoms with Crippen LogP contribution in [0.15, 0.2) is 11.6 Å². The molecule has 0 heterocycles. The van der Waals surface area contributed by atoms with E-state index in [0.717, 1.165) is 5.25 Å². The van der Waals surface area contributed by atoms with E-state index in [9.17, 15) is 0 Å². The third-order valence-electron chi connectivity index (χ3n) is 1.01. The molecule has 0 saturated carbocycles. The molecule has 0 nitrogen and oxygen atoms in total. The smallest absolute Gasteiger partial charge is 0.0435 e. The first-order chi connectivity index (χ1) is 2.84. The van der Waals surface area contributed by atoms with Gasteiger partial charge >= 0.3 is 0 Å². The normalized spacial score (nSPS) is 29.7. The van der Waals surface area contributed by atoms with Crippen molar-refractivity contribution in [1.82, 2.24) is 0 Å². The maximum Gasteiger partial charge on any atom is 0.0435 e. The quantitative estimate of drug-likeness (QED) is 0.452. The van der Waals surface area contributed by atoms with Gasteiger partial charge in [0.05, 0.1) is 0 Å². The van der Waals surface area contributed by atoms with E-state index in [2.05, 4.69) is 19.3 Å². The van der Waals surface area contributed by atoms with E-state index in [-0.39, 0.29) is 0 Å². The second-order valence-electron chi connectivity index (χ2n) is 1.57. The molecule has 0 aromatic heterocycles. The summed E-state index contributed by atoms with van der Waals surface area (Å²) in [5.74, 6) is 0. The second-order valence-corrected chi connectivity index (χ2v) is 2.55. The van der Waals surface area contributed by atoms with Gasteiger partial charge in [-0.2, -0.15) is 11.8 Å². The highest BCUT2D eigenvalue weighted by molar-refractivity contribution is 7.99. The van der Waals surface area contributed by atoms with Crippen LogP contribution in [-0.4, -0.2) is 11.5 Å². The molecule has 0 fully saturated rings. The van der Waals surface area contributed by atoms with Crippen LogP contribution in [-0.2, 0) is 0 Å². The fourth-order valence-corrected chi connectivity index (χ4v) is 1.17. The van der Waals surface area contributed by atoms with Crippen LogP contribution in [0.4, 0.5) is 0 Å². The molecule has 0 aliphatic heterocycles. The van der Waals surface area contributed by atoms with Gasteiger partial charge in [0.15, 0.2) is 0 Å². The fourth-order valence-electron chi connectivity index (χ4n) is 0.445. The van der Waals surface area contributed by atoms with Gasteiger partial charge in [-0.25, -0.2) is 0 Å². The van der Waals surface area contributed by atoms with E-state index in [0.29, 0.717) is 0 Å². The Morgan fingerprint density at radius 2 is 2.33 bits per heavy atom. The van der Waals surface area contributed by atoms with Gasteiger partial charge in [-0.15, -0.1) is 0 Å². The van der Waals surface area contributed by atoms with Crippen LogP contribution in [0, 0.1) is 0 Å². The standard InChI is InChI=1S/C5H8S/c1-4-3-5(4)6-2/h3,5H,1-2H3. The average molecular weight is 100 g/mol. The van der Waals surface area contributed by atoms with Crippen molar-refractivity contribution in [3.8, 4) is 0 Å². The lowest BCUT2D eigenvalue weighted by Crippen LogP contribution is -1.70. The predicted molar refractivity (Wildman–Crippen MR) is 31.1 cm³/mol. The minimum Gasteiger partial charge on any atom is -0.153 e.